The van der Waals surface area contributed by atoms with Crippen LogP contribution in [0.2, 0.25) is 0 Å². The van der Waals surface area contributed by atoms with Crippen LogP contribution in [0, 0.1) is 20.8 Å². The van der Waals surface area contributed by atoms with Gasteiger partial charge in [-0.25, -0.2) is 0 Å². The molecule has 1 N–H and O–H groups in total. The molecule has 0 bridgehead atoms. The van der Waals surface area contributed by atoms with Crippen LogP contribution in [-0.2, 0) is 20.1 Å². The van der Waals surface area contributed by atoms with Gasteiger partial charge in [0.25, 0.3) is 5.91 Å². The highest BCUT2D eigenvalue weighted by Crippen LogP contribution is 2.20. The van der Waals surface area contributed by atoms with Gasteiger partial charge in [-0.15, -0.1) is 0 Å². The van der Waals surface area contributed by atoms with E-state index in [4.69, 9.17) is 0 Å². The minimum Gasteiger partial charge on any atom is -0.348 e. The molecule has 0 aliphatic carbocycles. The topological polar surface area (TPSA) is 64.7 Å². The molecule has 1 aromatic carbocycles. The molecule has 0 saturated heterocycles. The Hall–Kier alpha value is -2.41. The summed E-state index contributed by atoms with van der Waals surface area (Å²) in [4.78, 5) is 12.3. The Morgan fingerprint density at radius 1 is 1.12 bits per heavy atom. The van der Waals surface area contributed by atoms with E-state index >= 15 is 0 Å². The Labute approximate surface area is 161 Å². The van der Waals surface area contributed by atoms with E-state index in [0.29, 0.717) is 18.7 Å². The third-order valence-corrected chi connectivity index (χ3v) is 5.54. The summed E-state index contributed by atoms with van der Waals surface area (Å²) in [5.41, 5.74) is 5.76. The van der Waals surface area contributed by atoms with E-state index in [-0.39, 0.29) is 5.91 Å². The van der Waals surface area contributed by atoms with Gasteiger partial charge in [0.2, 0.25) is 0 Å². The SMILES string of the molecule is Cc1nn(C)cc1CNC(=O)c1ccc(Cn2nc(C)c(Br)c2C)cc1. The summed E-state index contributed by atoms with van der Waals surface area (Å²) in [6.45, 7) is 7.10. The van der Waals surface area contributed by atoms with Crippen molar-refractivity contribution in [3.05, 3.63) is 68.7 Å². The maximum absolute atomic E-state index is 12.3. The predicted molar refractivity (Wildman–Crippen MR) is 104 cm³/mol. The van der Waals surface area contributed by atoms with Gasteiger partial charge in [0, 0.05) is 30.9 Å². The minimum absolute atomic E-state index is 0.0892. The van der Waals surface area contributed by atoms with Gasteiger partial charge in [0.15, 0.2) is 0 Å². The Kier molecular flexibility index (Phi) is 5.27. The summed E-state index contributed by atoms with van der Waals surface area (Å²) in [5.74, 6) is -0.0892. The minimum atomic E-state index is -0.0892. The van der Waals surface area contributed by atoms with E-state index in [9.17, 15) is 4.79 Å². The molecular weight excluding hydrogens is 394 g/mol. The van der Waals surface area contributed by atoms with Crippen LogP contribution in [0.25, 0.3) is 0 Å². The number of carbonyl (C=O) groups excluding carboxylic acids is 1. The molecule has 3 aromatic rings. The number of hydrogen-bond donors (Lipinski definition) is 1. The molecule has 2 aromatic heterocycles. The number of nitrogens with zero attached hydrogens (tertiary/aromatic N) is 4. The summed E-state index contributed by atoms with van der Waals surface area (Å²) in [6.07, 6.45) is 1.92. The molecule has 3 rings (SSSR count). The van der Waals surface area contributed by atoms with Crippen LogP contribution in [0.5, 0.6) is 0 Å². The smallest absolute Gasteiger partial charge is 0.251 e. The average molecular weight is 416 g/mol. The van der Waals surface area contributed by atoms with Crippen molar-refractivity contribution < 1.29 is 4.79 Å². The molecule has 0 aliphatic rings. The van der Waals surface area contributed by atoms with Crippen molar-refractivity contribution in [1.29, 1.82) is 0 Å². The predicted octanol–water partition coefficient (Wildman–Crippen LogP) is 3.28. The molecule has 2 heterocycles. The average Bonchev–Trinajstić information content (AvgIpc) is 3.06. The molecule has 0 radical (unpaired) electrons. The molecule has 26 heavy (non-hydrogen) atoms. The quantitative estimate of drug-likeness (QED) is 0.695. The van der Waals surface area contributed by atoms with Gasteiger partial charge < -0.3 is 5.32 Å². The van der Waals surface area contributed by atoms with E-state index in [1.807, 2.05) is 63.0 Å². The summed E-state index contributed by atoms with van der Waals surface area (Å²) >= 11 is 3.54. The summed E-state index contributed by atoms with van der Waals surface area (Å²) in [5, 5.41) is 11.7. The molecule has 1 amide bonds. The maximum atomic E-state index is 12.3. The number of amides is 1. The number of nitrogens with one attached hydrogen (secondary N) is 1. The normalized spacial score (nSPS) is 11.0. The van der Waals surface area contributed by atoms with Gasteiger partial charge >= 0.3 is 0 Å². The fourth-order valence-electron chi connectivity index (χ4n) is 2.86. The number of aromatic nitrogens is 4. The number of halogens is 1. The fraction of sp³-hybridized carbons (Fsp3) is 0.316. The first-order chi connectivity index (χ1) is 12.3. The highest BCUT2D eigenvalue weighted by atomic mass is 79.9. The molecule has 0 unspecified atom stereocenters. The first kappa shape index (κ1) is 18.4. The zero-order chi connectivity index (χ0) is 18.8. The number of carbonyl (C=O) groups is 1. The monoisotopic (exact) mass is 415 g/mol. The van der Waals surface area contributed by atoms with Crippen molar-refractivity contribution in [1.82, 2.24) is 24.9 Å². The molecule has 7 heteroatoms. The highest BCUT2D eigenvalue weighted by Gasteiger charge is 2.11. The summed E-state index contributed by atoms with van der Waals surface area (Å²) in [6, 6.07) is 7.63. The fourth-order valence-corrected chi connectivity index (χ4v) is 3.15. The van der Waals surface area contributed by atoms with Gasteiger partial charge in [0.1, 0.15) is 0 Å². The van der Waals surface area contributed by atoms with Gasteiger partial charge in [0.05, 0.1) is 28.1 Å². The molecular formula is C19H22BrN5O. The summed E-state index contributed by atoms with van der Waals surface area (Å²) < 4.78 is 4.75. The van der Waals surface area contributed by atoms with Crippen molar-refractivity contribution in [3.8, 4) is 0 Å². The maximum Gasteiger partial charge on any atom is 0.251 e. The lowest BCUT2D eigenvalue weighted by molar-refractivity contribution is 0.0951. The van der Waals surface area contributed by atoms with Crippen LogP contribution in [0.15, 0.2) is 34.9 Å². The molecule has 136 valence electrons. The molecule has 0 aliphatic heterocycles. The van der Waals surface area contributed by atoms with Crippen molar-refractivity contribution in [3.63, 3.8) is 0 Å². The second-order valence-corrected chi connectivity index (χ2v) is 7.23. The third kappa shape index (κ3) is 3.88. The second-order valence-electron chi connectivity index (χ2n) is 6.44. The van der Waals surface area contributed by atoms with Crippen LogP contribution >= 0.6 is 15.9 Å². The van der Waals surface area contributed by atoms with E-state index < -0.39 is 0 Å². The second kappa shape index (κ2) is 7.45. The van der Waals surface area contributed by atoms with Crippen LogP contribution in [0.4, 0.5) is 0 Å². The van der Waals surface area contributed by atoms with E-state index in [2.05, 4.69) is 31.4 Å². The lowest BCUT2D eigenvalue weighted by Crippen LogP contribution is -2.23. The largest absolute Gasteiger partial charge is 0.348 e. The number of hydrogen-bond acceptors (Lipinski definition) is 3. The molecule has 0 spiro atoms. The van der Waals surface area contributed by atoms with Gasteiger partial charge in [-0.05, 0) is 54.4 Å². The standard InChI is InChI=1S/C19H22BrN5O/c1-12-17(11-24(4)22-12)9-21-19(26)16-7-5-15(6-8-16)10-25-14(3)18(20)13(2)23-25/h5-8,11H,9-10H2,1-4H3,(H,21,26). The van der Waals surface area contributed by atoms with Gasteiger partial charge in [-0.2, -0.15) is 10.2 Å². The number of rotatable bonds is 5. The lowest BCUT2D eigenvalue weighted by atomic mass is 10.1. The van der Waals surface area contributed by atoms with Crippen molar-refractivity contribution in [2.45, 2.75) is 33.9 Å². The third-order valence-electron chi connectivity index (χ3n) is 4.40. The number of aryl methyl sites for hydroxylation is 3. The van der Waals surface area contributed by atoms with Gasteiger partial charge in [-0.1, -0.05) is 12.1 Å². The highest BCUT2D eigenvalue weighted by molar-refractivity contribution is 9.10. The van der Waals surface area contributed by atoms with E-state index in [1.54, 1.807) is 4.68 Å². The van der Waals surface area contributed by atoms with Gasteiger partial charge in [-0.3, -0.25) is 14.2 Å². The molecule has 0 fully saturated rings. The lowest BCUT2D eigenvalue weighted by Gasteiger charge is -2.07. The number of benzene rings is 1. The first-order valence-electron chi connectivity index (χ1n) is 8.41. The Morgan fingerprint density at radius 3 is 2.35 bits per heavy atom. The van der Waals surface area contributed by atoms with Crippen LogP contribution < -0.4 is 5.32 Å². The van der Waals surface area contributed by atoms with Crippen molar-refractivity contribution in [2.24, 2.45) is 7.05 Å². The van der Waals surface area contributed by atoms with Crippen molar-refractivity contribution >= 4 is 21.8 Å². The first-order valence-corrected chi connectivity index (χ1v) is 9.20. The zero-order valence-electron chi connectivity index (χ0n) is 15.4. The van der Waals surface area contributed by atoms with Crippen molar-refractivity contribution in [2.75, 3.05) is 0 Å². The van der Waals surface area contributed by atoms with Crippen LogP contribution in [0.1, 0.15) is 38.6 Å². The zero-order valence-corrected chi connectivity index (χ0v) is 17.0. The summed E-state index contributed by atoms with van der Waals surface area (Å²) in [7, 11) is 1.87. The van der Waals surface area contributed by atoms with E-state index in [1.165, 1.54) is 0 Å². The molecule has 6 nitrogen and oxygen atoms in total. The Bertz CT molecular complexity index is 940. The molecule has 0 saturated carbocycles. The molecule has 0 atom stereocenters. The van der Waals surface area contributed by atoms with Crippen LogP contribution in [-0.4, -0.2) is 25.5 Å². The van der Waals surface area contributed by atoms with E-state index in [0.717, 1.165) is 32.7 Å². The Morgan fingerprint density at radius 2 is 1.81 bits per heavy atom. The van der Waals surface area contributed by atoms with Crippen LogP contribution in [0.3, 0.4) is 0 Å². The Balaban J connectivity index is 1.64.